The zero-order valence-electron chi connectivity index (χ0n) is 17.5. The Balaban J connectivity index is 1.70. The second kappa shape index (κ2) is 7.48. The maximum Gasteiger partial charge on any atom is 0.340 e. The van der Waals surface area contributed by atoms with E-state index < -0.39 is 19.8 Å². The minimum atomic E-state index is -1.92. The molecule has 0 unspecified atom stereocenters. The van der Waals surface area contributed by atoms with E-state index >= 15 is 0 Å². The van der Waals surface area contributed by atoms with Crippen LogP contribution in [-0.4, -0.2) is 43.2 Å². The number of nitrogens with zero attached hydrogens (tertiary/aromatic N) is 1. The van der Waals surface area contributed by atoms with Gasteiger partial charge in [0.1, 0.15) is 6.61 Å². The molecule has 152 valence electrons. The first-order chi connectivity index (χ1) is 13.1. The zero-order valence-corrected chi connectivity index (χ0v) is 18.5. The Kier molecular flexibility index (Phi) is 5.56. The molecule has 28 heavy (non-hydrogen) atoms. The average molecular weight is 402 g/mol. The number of hydrogen-bond acceptors (Lipinski definition) is 5. The van der Waals surface area contributed by atoms with Crippen molar-refractivity contribution in [3.8, 4) is 0 Å². The van der Waals surface area contributed by atoms with Gasteiger partial charge in [0.05, 0.1) is 6.10 Å². The summed E-state index contributed by atoms with van der Waals surface area (Å²) in [6.45, 7) is 11.8. The lowest BCUT2D eigenvalue weighted by Crippen LogP contribution is -2.61. The molecule has 1 aromatic rings. The van der Waals surface area contributed by atoms with Crippen molar-refractivity contribution in [2.24, 2.45) is 0 Å². The largest absolute Gasteiger partial charge is 0.459 e. The highest BCUT2D eigenvalue weighted by Crippen LogP contribution is 2.41. The van der Waals surface area contributed by atoms with E-state index in [0.29, 0.717) is 19.4 Å². The summed E-state index contributed by atoms with van der Waals surface area (Å²) in [6.07, 6.45) is 4.35. The molecule has 3 rings (SSSR count). The molecule has 0 amide bonds. The first kappa shape index (κ1) is 20.8. The van der Waals surface area contributed by atoms with E-state index in [2.05, 4.69) is 33.9 Å². The van der Waals surface area contributed by atoms with Gasteiger partial charge in [0.2, 0.25) is 5.54 Å². The van der Waals surface area contributed by atoms with Gasteiger partial charge in [-0.2, -0.15) is 0 Å². The lowest BCUT2D eigenvalue weighted by molar-refractivity contribution is -0.164. The molecule has 0 radical (unpaired) electrons. The number of rotatable bonds is 5. The van der Waals surface area contributed by atoms with Gasteiger partial charge in [-0.1, -0.05) is 51.1 Å². The highest BCUT2D eigenvalue weighted by Gasteiger charge is 2.56. The van der Waals surface area contributed by atoms with Gasteiger partial charge in [0, 0.05) is 18.8 Å². The smallest absolute Gasteiger partial charge is 0.340 e. The molecule has 1 saturated heterocycles. The molecule has 1 fully saturated rings. The molecule has 2 atom stereocenters. The highest BCUT2D eigenvalue weighted by molar-refractivity contribution is 6.74. The molecule has 0 spiro atoms. The van der Waals surface area contributed by atoms with Gasteiger partial charge in [0.25, 0.3) is 0 Å². The van der Waals surface area contributed by atoms with E-state index in [1.54, 1.807) is 6.20 Å². The topological polar surface area (TPSA) is 55.8 Å². The number of carbonyl (C=O) groups is 2. The number of ether oxygens (including phenoxy) is 1. The average Bonchev–Trinajstić information content (AvgIpc) is 2.96. The highest BCUT2D eigenvalue weighted by atomic mass is 28.4. The predicted molar refractivity (Wildman–Crippen MR) is 111 cm³/mol. The number of ketones is 1. The molecular formula is C22H31NO4Si. The standard InChI is InChI=1S/C22H31NO4Si/c1-21(2,3)28(4,5)27-18-11-13-22(19(24)12-14-23(22)15-18)20(25)26-16-17-9-7-6-8-10-17/h6-10,12,14,18H,11,13,15-16H2,1-5H3/t18-,22+/m1/s1. The second-order valence-electron chi connectivity index (χ2n) is 9.29. The summed E-state index contributed by atoms with van der Waals surface area (Å²) in [4.78, 5) is 27.5. The van der Waals surface area contributed by atoms with Crippen molar-refractivity contribution in [3.63, 3.8) is 0 Å². The zero-order chi connectivity index (χ0) is 20.6. The van der Waals surface area contributed by atoms with Crippen LogP contribution >= 0.6 is 0 Å². The second-order valence-corrected chi connectivity index (χ2v) is 14.0. The molecule has 6 heteroatoms. The third-order valence-corrected chi connectivity index (χ3v) is 10.9. The Hall–Kier alpha value is -1.92. The quantitative estimate of drug-likeness (QED) is 0.423. The Morgan fingerprint density at radius 3 is 2.57 bits per heavy atom. The van der Waals surface area contributed by atoms with Crippen LogP contribution in [-0.2, 0) is 25.4 Å². The van der Waals surface area contributed by atoms with Crippen LogP contribution < -0.4 is 0 Å². The van der Waals surface area contributed by atoms with Crippen LogP contribution in [0.25, 0.3) is 0 Å². The fourth-order valence-electron chi connectivity index (χ4n) is 3.58. The molecule has 2 aliphatic rings. The SMILES string of the molecule is CC(C)(C)[Si](C)(C)O[C@@H]1CC[C@@]2(C(=O)OCc3ccccc3)C(=O)C=CN2C1. The molecule has 2 heterocycles. The molecule has 0 bridgehead atoms. The maximum atomic E-state index is 13.0. The first-order valence-corrected chi connectivity index (χ1v) is 12.9. The number of carbonyl (C=O) groups excluding carboxylic acids is 2. The van der Waals surface area contributed by atoms with Crippen LogP contribution in [0.1, 0.15) is 39.2 Å². The molecule has 0 saturated carbocycles. The summed E-state index contributed by atoms with van der Waals surface area (Å²) >= 11 is 0. The van der Waals surface area contributed by atoms with Gasteiger partial charge in [-0.15, -0.1) is 0 Å². The Morgan fingerprint density at radius 2 is 1.93 bits per heavy atom. The van der Waals surface area contributed by atoms with Crippen molar-refractivity contribution < 1.29 is 18.8 Å². The lowest BCUT2D eigenvalue weighted by atomic mass is 9.84. The first-order valence-electron chi connectivity index (χ1n) is 9.95. The van der Waals surface area contributed by atoms with Crippen LogP contribution in [0.3, 0.4) is 0 Å². The summed E-state index contributed by atoms with van der Waals surface area (Å²) in [5.74, 6) is -0.645. The van der Waals surface area contributed by atoms with E-state index in [0.717, 1.165) is 5.56 Å². The summed E-state index contributed by atoms with van der Waals surface area (Å²) in [5, 5.41) is 0.118. The van der Waals surface area contributed by atoms with Crippen LogP contribution in [0.2, 0.25) is 18.1 Å². The minimum absolute atomic E-state index is 0.0199. The van der Waals surface area contributed by atoms with Crippen molar-refractivity contribution in [2.75, 3.05) is 6.54 Å². The number of hydrogen-bond donors (Lipinski definition) is 0. The van der Waals surface area contributed by atoms with Crippen LogP contribution in [0.15, 0.2) is 42.6 Å². The third-order valence-electron chi connectivity index (χ3n) is 6.35. The van der Waals surface area contributed by atoms with E-state index in [9.17, 15) is 9.59 Å². The van der Waals surface area contributed by atoms with E-state index in [1.165, 1.54) is 6.08 Å². The molecular weight excluding hydrogens is 370 g/mol. The number of piperidine rings is 1. The maximum absolute atomic E-state index is 13.0. The van der Waals surface area contributed by atoms with Gasteiger partial charge < -0.3 is 14.1 Å². The van der Waals surface area contributed by atoms with E-state index in [-0.39, 0.29) is 23.5 Å². The van der Waals surface area contributed by atoms with Crippen molar-refractivity contribution in [2.45, 2.75) is 70.0 Å². The fourth-order valence-corrected chi connectivity index (χ4v) is 4.96. The van der Waals surface area contributed by atoms with Crippen molar-refractivity contribution in [3.05, 3.63) is 48.2 Å². The van der Waals surface area contributed by atoms with Crippen molar-refractivity contribution in [1.82, 2.24) is 4.90 Å². The molecule has 1 aromatic carbocycles. The normalized spacial score (nSPS) is 25.0. The van der Waals surface area contributed by atoms with Gasteiger partial charge >= 0.3 is 5.97 Å². The van der Waals surface area contributed by atoms with Crippen LogP contribution in [0.5, 0.6) is 0 Å². The van der Waals surface area contributed by atoms with E-state index in [1.807, 2.05) is 35.2 Å². The Labute approximate surface area is 168 Å². The van der Waals surface area contributed by atoms with Crippen molar-refractivity contribution >= 4 is 20.1 Å². The molecule has 5 nitrogen and oxygen atoms in total. The van der Waals surface area contributed by atoms with Crippen LogP contribution in [0.4, 0.5) is 0 Å². The van der Waals surface area contributed by atoms with Crippen molar-refractivity contribution in [1.29, 1.82) is 0 Å². The fraction of sp³-hybridized carbons (Fsp3) is 0.545. The monoisotopic (exact) mass is 401 g/mol. The number of benzene rings is 1. The number of esters is 1. The predicted octanol–water partition coefficient (Wildman–Crippen LogP) is 4.05. The van der Waals surface area contributed by atoms with Crippen LogP contribution in [0, 0.1) is 0 Å². The summed E-state index contributed by atoms with van der Waals surface area (Å²) in [6, 6.07) is 9.53. The molecule has 0 N–H and O–H groups in total. The summed E-state index contributed by atoms with van der Waals surface area (Å²) < 4.78 is 12.1. The van der Waals surface area contributed by atoms with Gasteiger partial charge in [-0.05, 0) is 36.5 Å². The van der Waals surface area contributed by atoms with Gasteiger partial charge in [-0.3, -0.25) is 4.79 Å². The lowest BCUT2D eigenvalue weighted by Gasteiger charge is -2.46. The Bertz CT molecular complexity index is 768. The minimum Gasteiger partial charge on any atom is -0.459 e. The van der Waals surface area contributed by atoms with E-state index in [4.69, 9.17) is 9.16 Å². The third kappa shape index (κ3) is 3.80. The van der Waals surface area contributed by atoms with Gasteiger partial charge in [0.15, 0.2) is 14.1 Å². The Morgan fingerprint density at radius 1 is 1.25 bits per heavy atom. The summed E-state index contributed by atoms with van der Waals surface area (Å²) in [7, 11) is -1.92. The molecule has 2 aliphatic heterocycles. The van der Waals surface area contributed by atoms with Gasteiger partial charge in [-0.25, -0.2) is 4.79 Å². The molecule has 0 aromatic heterocycles. The summed E-state index contributed by atoms with van der Waals surface area (Å²) in [5.41, 5.74) is -0.311. The number of fused-ring (bicyclic) bond motifs is 1. The molecule has 0 aliphatic carbocycles.